The summed E-state index contributed by atoms with van der Waals surface area (Å²) in [4.78, 5) is 19.0. The fraction of sp³-hybridized carbons (Fsp3) is 0.471. The molecule has 3 heterocycles. The minimum absolute atomic E-state index is 0.0278. The van der Waals surface area contributed by atoms with Gasteiger partial charge in [0, 0.05) is 38.7 Å². The third kappa shape index (κ3) is 3.96. The molecular formula is C17H23N5O. The van der Waals surface area contributed by atoms with Gasteiger partial charge in [-0.05, 0) is 37.9 Å². The molecule has 1 unspecified atom stereocenters. The van der Waals surface area contributed by atoms with Gasteiger partial charge in [-0.15, -0.1) is 0 Å². The first-order valence-corrected chi connectivity index (χ1v) is 8.04. The molecule has 0 aromatic carbocycles. The lowest BCUT2D eigenvalue weighted by molar-refractivity contribution is -0.121. The Hall–Kier alpha value is -2.21. The zero-order valence-corrected chi connectivity index (χ0v) is 13.7. The molecule has 0 radical (unpaired) electrons. The first-order chi connectivity index (χ1) is 11.1. The number of rotatable bonds is 4. The molecule has 1 atom stereocenters. The van der Waals surface area contributed by atoms with Crippen LogP contribution in [0, 0.1) is 12.8 Å². The molecule has 122 valence electrons. The van der Waals surface area contributed by atoms with Crippen LogP contribution in [-0.2, 0) is 18.4 Å². The smallest absolute Gasteiger partial charge is 0.228 e. The molecule has 0 bridgehead atoms. The SMILES string of the molecule is Cc1nn(C)cc1NC(=O)C1CCCN(Cc2cccnc2)C1. The molecule has 0 aliphatic carbocycles. The maximum absolute atomic E-state index is 12.5. The van der Waals surface area contributed by atoms with E-state index in [-0.39, 0.29) is 11.8 Å². The summed E-state index contributed by atoms with van der Waals surface area (Å²) in [5.41, 5.74) is 2.85. The van der Waals surface area contributed by atoms with Crippen LogP contribution in [0.5, 0.6) is 0 Å². The van der Waals surface area contributed by atoms with E-state index in [1.165, 1.54) is 5.56 Å². The Kier molecular flexibility index (Phi) is 4.71. The van der Waals surface area contributed by atoms with Crippen molar-refractivity contribution in [2.45, 2.75) is 26.3 Å². The van der Waals surface area contributed by atoms with Crippen LogP contribution in [0.1, 0.15) is 24.1 Å². The van der Waals surface area contributed by atoms with Crippen molar-refractivity contribution in [1.29, 1.82) is 0 Å². The van der Waals surface area contributed by atoms with Gasteiger partial charge in [-0.2, -0.15) is 5.10 Å². The standard InChI is InChI=1S/C17H23N5O/c1-13-16(12-21(2)20-13)19-17(23)15-6-4-8-22(11-15)10-14-5-3-7-18-9-14/h3,5,7,9,12,15H,4,6,8,10-11H2,1-2H3,(H,19,23). The lowest BCUT2D eigenvalue weighted by atomic mass is 9.96. The van der Waals surface area contributed by atoms with Gasteiger partial charge in [0.1, 0.15) is 0 Å². The van der Waals surface area contributed by atoms with E-state index >= 15 is 0 Å². The van der Waals surface area contributed by atoms with E-state index in [1.54, 1.807) is 10.9 Å². The van der Waals surface area contributed by atoms with Crippen LogP contribution in [0.4, 0.5) is 5.69 Å². The highest BCUT2D eigenvalue weighted by Crippen LogP contribution is 2.21. The molecule has 3 rings (SSSR count). The number of likely N-dealkylation sites (tertiary alicyclic amines) is 1. The second-order valence-electron chi connectivity index (χ2n) is 6.23. The number of piperidine rings is 1. The predicted octanol–water partition coefficient (Wildman–Crippen LogP) is 1.97. The molecular weight excluding hydrogens is 290 g/mol. The number of nitrogens with zero attached hydrogens (tertiary/aromatic N) is 4. The zero-order valence-electron chi connectivity index (χ0n) is 13.7. The Morgan fingerprint density at radius 1 is 1.48 bits per heavy atom. The van der Waals surface area contributed by atoms with Crippen molar-refractivity contribution in [3.05, 3.63) is 42.0 Å². The average Bonchev–Trinajstić information content (AvgIpc) is 2.86. The molecule has 1 amide bonds. The molecule has 1 N–H and O–H groups in total. The second-order valence-corrected chi connectivity index (χ2v) is 6.23. The van der Waals surface area contributed by atoms with Crippen LogP contribution in [-0.4, -0.2) is 38.7 Å². The first kappa shape index (κ1) is 15.7. The van der Waals surface area contributed by atoms with E-state index in [0.717, 1.165) is 43.9 Å². The van der Waals surface area contributed by atoms with Gasteiger partial charge in [-0.25, -0.2) is 0 Å². The summed E-state index contributed by atoms with van der Waals surface area (Å²) in [6, 6.07) is 4.03. The highest BCUT2D eigenvalue weighted by molar-refractivity contribution is 5.93. The normalized spacial score (nSPS) is 18.8. The molecule has 23 heavy (non-hydrogen) atoms. The number of hydrogen-bond acceptors (Lipinski definition) is 4. The maximum Gasteiger partial charge on any atom is 0.228 e. The number of aromatic nitrogens is 3. The summed E-state index contributed by atoms with van der Waals surface area (Å²) >= 11 is 0. The Balaban J connectivity index is 1.59. The summed E-state index contributed by atoms with van der Waals surface area (Å²) in [6.45, 7) is 4.58. The number of hydrogen-bond donors (Lipinski definition) is 1. The van der Waals surface area contributed by atoms with Crippen LogP contribution in [0.25, 0.3) is 0 Å². The number of carbonyl (C=O) groups is 1. The lowest BCUT2D eigenvalue weighted by Gasteiger charge is -2.31. The average molecular weight is 313 g/mol. The van der Waals surface area contributed by atoms with Crippen LogP contribution in [0.15, 0.2) is 30.7 Å². The molecule has 6 nitrogen and oxygen atoms in total. The molecule has 1 fully saturated rings. The molecule has 6 heteroatoms. The van der Waals surface area contributed by atoms with E-state index in [9.17, 15) is 4.79 Å². The van der Waals surface area contributed by atoms with Crippen LogP contribution in [0.2, 0.25) is 0 Å². The number of amides is 1. The minimum Gasteiger partial charge on any atom is -0.323 e. The van der Waals surface area contributed by atoms with E-state index in [1.807, 2.05) is 32.4 Å². The van der Waals surface area contributed by atoms with Gasteiger partial charge < -0.3 is 5.32 Å². The first-order valence-electron chi connectivity index (χ1n) is 8.04. The molecule has 2 aromatic heterocycles. The highest BCUT2D eigenvalue weighted by Gasteiger charge is 2.26. The molecule has 1 saturated heterocycles. The van der Waals surface area contributed by atoms with Gasteiger partial charge in [-0.3, -0.25) is 19.4 Å². The van der Waals surface area contributed by atoms with Crippen LogP contribution >= 0.6 is 0 Å². The zero-order chi connectivity index (χ0) is 16.2. The molecule has 1 aliphatic rings. The summed E-state index contributed by atoms with van der Waals surface area (Å²) < 4.78 is 1.72. The monoisotopic (exact) mass is 313 g/mol. The molecule has 0 spiro atoms. The van der Waals surface area contributed by atoms with Crippen molar-refractivity contribution in [2.75, 3.05) is 18.4 Å². The van der Waals surface area contributed by atoms with Crippen molar-refractivity contribution in [3.8, 4) is 0 Å². The van der Waals surface area contributed by atoms with Gasteiger partial charge >= 0.3 is 0 Å². The van der Waals surface area contributed by atoms with Crippen molar-refractivity contribution in [3.63, 3.8) is 0 Å². The number of carbonyl (C=O) groups excluding carboxylic acids is 1. The lowest BCUT2D eigenvalue weighted by Crippen LogP contribution is -2.40. The third-order valence-corrected chi connectivity index (χ3v) is 4.28. The second kappa shape index (κ2) is 6.91. The van der Waals surface area contributed by atoms with Gasteiger partial charge in [0.05, 0.1) is 17.3 Å². The summed E-state index contributed by atoms with van der Waals surface area (Å²) in [7, 11) is 1.86. The van der Waals surface area contributed by atoms with E-state index in [4.69, 9.17) is 0 Å². The van der Waals surface area contributed by atoms with Gasteiger partial charge in [-0.1, -0.05) is 6.07 Å². The Bertz CT molecular complexity index is 667. The van der Waals surface area contributed by atoms with Crippen molar-refractivity contribution >= 4 is 11.6 Å². The fourth-order valence-electron chi connectivity index (χ4n) is 3.12. The van der Waals surface area contributed by atoms with Gasteiger partial charge in [0.2, 0.25) is 5.91 Å². The van der Waals surface area contributed by atoms with Crippen molar-refractivity contribution in [2.24, 2.45) is 13.0 Å². The van der Waals surface area contributed by atoms with E-state index in [2.05, 4.69) is 26.4 Å². The quantitative estimate of drug-likeness (QED) is 0.937. The van der Waals surface area contributed by atoms with Gasteiger partial charge in [0.25, 0.3) is 0 Å². The summed E-state index contributed by atoms with van der Waals surface area (Å²) in [5, 5.41) is 7.29. The molecule has 0 saturated carbocycles. The van der Waals surface area contributed by atoms with Crippen molar-refractivity contribution < 1.29 is 4.79 Å². The van der Waals surface area contributed by atoms with Crippen molar-refractivity contribution in [1.82, 2.24) is 19.7 Å². The topological polar surface area (TPSA) is 63.1 Å². The largest absolute Gasteiger partial charge is 0.323 e. The Labute approximate surface area is 136 Å². The third-order valence-electron chi connectivity index (χ3n) is 4.28. The molecule has 2 aromatic rings. The Morgan fingerprint density at radius 3 is 3.04 bits per heavy atom. The number of anilines is 1. The summed E-state index contributed by atoms with van der Waals surface area (Å²) in [5.74, 6) is 0.122. The van der Waals surface area contributed by atoms with Gasteiger partial charge in [0.15, 0.2) is 0 Å². The minimum atomic E-state index is 0.0278. The maximum atomic E-state index is 12.5. The predicted molar refractivity (Wildman–Crippen MR) is 88.8 cm³/mol. The molecule has 1 aliphatic heterocycles. The number of nitrogens with one attached hydrogen (secondary N) is 1. The van der Waals surface area contributed by atoms with Crippen LogP contribution in [0.3, 0.4) is 0 Å². The number of aryl methyl sites for hydroxylation is 2. The van der Waals surface area contributed by atoms with Crippen LogP contribution < -0.4 is 5.32 Å². The number of pyridine rings is 1. The summed E-state index contributed by atoms with van der Waals surface area (Å²) in [6.07, 6.45) is 7.51. The highest BCUT2D eigenvalue weighted by atomic mass is 16.1. The fourth-order valence-corrected chi connectivity index (χ4v) is 3.12. The van der Waals surface area contributed by atoms with E-state index < -0.39 is 0 Å². The van der Waals surface area contributed by atoms with E-state index in [0.29, 0.717) is 0 Å². The Morgan fingerprint density at radius 2 is 2.35 bits per heavy atom.